The van der Waals surface area contributed by atoms with Crippen molar-refractivity contribution >= 4 is 22.4 Å². The van der Waals surface area contributed by atoms with Gasteiger partial charge in [-0.15, -0.1) is 0 Å². The third-order valence-electron chi connectivity index (χ3n) is 3.10. The molecule has 0 unspecified atom stereocenters. The van der Waals surface area contributed by atoms with Crippen molar-refractivity contribution in [1.82, 2.24) is 5.16 Å². The Morgan fingerprint density at radius 2 is 1.95 bits per heavy atom. The number of nitrogens with zero attached hydrogens (tertiary/aromatic N) is 1. The molecule has 2 N–H and O–H groups in total. The number of carboxylic acids is 1. The van der Waals surface area contributed by atoms with Crippen LogP contribution in [0.5, 0.6) is 0 Å². The fourth-order valence-electron chi connectivity index (χ4n) is 2.16. The molecule has 1 heterocycles. The lowest BCUT2D eigenvalue weighted by atomic mass is 10.0. The van der Waals surface area contributed by atoms with Crippen LogP contribution in [-0.2, 0) is 6.54 Å². The van der Waals surface area contributed by atoms with Crippen molar-refractivity contribution in [3.05, 3.63) is 60.0 Å². The van der Waals surface area contributed by atoms with Crippen molar-refractivity contribution in [3.8, 4) is 0 Å². The summed E-state index contributed by atoms with van der Waals surface area (Å²) < 4.78 is 5.02. The second kappa shape index (κ2) is 5.05. The van der Waals surface area contributed by atoms with Gasteiger partial charge in [-0.2, -0.15) is 0 Å². The summed E-state index contributed by atoms with van der Waals surface area (Å²) in [5.74, 6) is -0.209. The highest BCUT2D eigenvalue weighted by atomic mass is 16.5. The third-order valence-corrected chi connectivity index (χ3v) is 3.10. The Labute approximate surface area is 114 Å². The molecule has 3 rings (SSSR count). The molecule has 5 heteroatoms. The Morgan fingerprint density at radius 3 is 2.65 bits per heavy atom. The molecule has 0 fully saturated rings. The van der Waals surface area contributed by atoms with E-state index in [2.05, 4.69) is 10.5 Å². The zero-order valence-corrected chi connectivity index (χ0v) is 10.5. The number of anilines is 1. The monoisotopic (exact) mass is 268 g/mol. The molecule has 0 bridgehead atoms. The SMILES string of the molecule is O=C(O)c1ccc(NCc2ccno2)c2ccccc12. The first-order valence-electron chi connectivity index (χ1n) is 6.14. The zero-order valence-electron chi connectivity index (χ0n) is 10.5. The lowest BCUT2D eigenvalue weighted by molar-refractivity contribution is 0.0699. The zero-order chi connectivity index (χ0) is 13.9. The van der Waals surface area contributed by atoms with E-state index in [4.69, 9.17) is 4.52 Å². The van der Waals surface area contributed by atoms with Crippen molar-refractivity contribution < 1.29 is 14.4 Å². The smallest absolute Gasteiger partial charge is 0.336 e. The van der Waals surface area contributed by atoms with Crippen LogP contribution in [0.15, 0.2) is 53.2 Å². The van der Waals surface area contributed by atoms with Crippen LogP contribution in [0.1, 0.15) is 16.1 Å². The molecule has 0 spiro atoms. The van der Waals surface area contributed by atoms with Crippen LogP contribution in [0.4, 0.5) is 5.69 Å². The average Bonchev–Trinajstić information content (AvgIpc) is 2.97. The molecule has 0 aliphatic carbocycles. The number of hydrogen-bond acceptors (Lipinski definition) is 4. The van der Waals surface area contributed by atoms with Crippen molar-refractivity contribution in [2.75, 3.05) is 5.32 Å². The molecular formula is C15H12N2O3. The van der Waals surface area contributed by atoms with Gasteiger partial charge in [-0.3, -0.25) is 0 Å². The molecule has 100 valence electrons. The first-order chi connectivity index (χ1) is 9.75. The number of hydrogen-bond donors (Lipinski definition) is 2. The summed E-state index contributed by atoms with van der Waals surface area (Å²) in [6.07, 6.45) is 1.59. The number of fused-ring (bicyclic) bond motifs is 1. The van der Waals surface area contributed by atoms with E-state index in [0.29, 0.717) is 17.5 Å². The summed E-state index contributed by atoms with van der Waals surface area (Å²) >= 11 is 0. The van der Waals surface area contributed by atoms with E-state index in [-0.39, 0.29) is 0 Å². The highest BCUT2D eigenvalue weighted by molar-refractivity contribution is 6.07. The Hall–Kier alpha value is -2.82. The second-order valence-corrected chi connectivity index (χ2v) is 4.34. The van der Waals surface area contributed by atoms with Crippen LogP contribution < -0.4 is 5.32 Å². The normalized spacial score (nSPS) is 10.6. The molecular weight excluding hydrogens is 256 g/mol. The maximum Gasteiger partial charge on any atom is 0.336 e. The maximum absolute atomic E-state index is 11.2. The second-order valence-electron chi connectivity index (χ2n) is 4.34. The van der Waals surface area contributed by atoms with Gasteiger partial charge in [0, 0.05) is 17.1 Å². The van der Waals surface area contributed by atoms with Gasteiger partial charge in [-0.25, -0.2) is 4.79 Å². The van der Waals surface area contributed by atoms with Crippen LogP contribution in [0.25, 0.3) is 10.8 Å². The predicted molar refractivity (Wildman–Crippen MR) is 74.7 cm³/mol. The van der Waals surface area contributed by atoms with Gasteiger partial charge in [-0.05, 0) is 17.5 Å². The number of benzene rings is 2. The molecule has 3 aromatic rings. The topological polar surface area (TPSA) is 75.4 Å². The van der Waals surface area contributed by atoms with Gasteiger partial charge in [0.05, 0.1) is 18.3 Å². The fourth-order valence-corrected chi connectivity index (χ4v) is 2.16. The molecule has 0 radical (unpaired) electrons. The van der Waals surface area contributed by atoms with Crippen LogP contribution in [0, 0.1) is 0 Å². The van der Waals surface area contributed by atoms with Gasteiger partial charge in [0.2, 0.25) is 0 Å². The Kier molecular flexibility index (Phi) is 3.09. The molecule has 0 saturated carbocycles. The molecule has 0 amide bonds. The minimum absolute atomic E-state index is 0.297. The third kappa shape index (κ3) is 2.21. The molecule has 0 saturated heterocycles. The summed E-state index contributed by atoms with van der Waals surface area (Å²) in [6.45, 7) is 0.496. The van der Waals surface area contributed by atoms with Crippen LogP contribution in [0.3, 0.4) is 0 Å². The number of aromatic nitrogens is 1. The molecule has 5 nitrogen and oxygen atoms in total. The minimum atomic E-state index is -0.928. The van der Waals surface area contributed by atoms with E-state index in [1.165, 1.54) is 0 Å². The summed E-state index contributed by atoms with van der Waals surface area (Å²) in [5, 5.41) is 17.7. The van der Waals surface area contributed by atoms with Crippen LogP contribution in [-0.4, -0.2) is 16.2 Å². The summed E-state index contributed by atoms with van der Waals surface area (Å²) in [4.78, 5) is 11.2. The van der Waals surface area contributed by atoms with Gasteiger partial charge in [0.15, 0.2) is 5.76 Å². The Balaban J connectivity index is 1.99. The van der Waals surface area contributed by atoms with E-state index in [1.54, 1.807) is 30.5 Å². The number of aromatic carboxylic acids is 1. The average molecular weight is 268 g/mol. The van der Waals surface area contributed by atoms with Gasteiger partial charge in [-0.1, -0.05) is 29.4 Å². The number of carbonyl (C=O) groups is 1. The Morgan fingerprint density at radius 1 is 1.15 bits per heavy atom. The van der Waals surface area contributed by atoms with Crippen LogP contribution >= 0.6 is 0 Å². The molecule has 0 atom stereocenters. The van der Waals surface area contributed by atoms with Gasteiger partial charge >= 0.3 is 5.97 Å². The summed E-state index contributed by atoms with van der Waals surface area (Å²) in [5.41, 5.74) is 1.16. The molecule has 0 aliphatic rings. The first-order valence-corrected chi connectivity index (χ1v) is 6.14. The van der Waals surface area contributed by atoms with Gasteiger partial charge in [0.1, 0.15) is 0 Å². The van der Waals surface area contributed by atoms with Crippen molar-refractivity contribution in [1.29, 1.82) is 0 Å². The lowest BCUT2D eigenvalue weighted by Crippen LogP contribution is -2.02. The van der Waals surface area contributed by atoms with E-state index in [9.17, 15) is 9.90 Å². The van der Waals surface area contributed by atoms with Crippen molar-refractivity contribution in [2.24, 2.45) is 0 Å². The Bertz CT molecular complexity index is 751. The standard InChI is InChI=1S/C15H12N2O3/c18-15(19)13-5-6-14(12-4-2-1-3-11(12)13)16-9-10-7-8-17-20-10/h1-8,16H,9H2,(H,18,19). The quantitative estimate of drug-likeness (QED) is 0.760. The number of nitrogens with one attached hydrogen (secondary N) is 1. The summed E-state index contributed by atoms with van der Waals surface area (Å²) in [6, 6.07) is 12.6. The minimum Gasteiger partial charge on any atom is -0.478 e. The highest BCUT2D eigenvalue weighted by Crippen LogP contribution is 2.27. The molecule has 20 heavy (non-hydrogen) atoms. The largest absolute Gasteiger partial charge is 0.478 e. The van der Waals surface area contributed by atoms with E-state index >= 15 is 0 Å². The fraction of sp³-hybridized carbons (Fsp3) is 0.0667. The summed E-state index contributed by atoms with van der Waals surface area (Å²) in [7, 11) is 0. The first kappa shape index (κ1) is 12.2. The van der Waals surface area contributed by atoms with E-state index in [1.807, 2.05) is 18.2 Å². The number of carboxylic acid groups (broad SMARTS) is 1. The lowest BCUT2D eigenvalue weighted by Gasteiger charge is -2.10. The van der Waals surface area contributed by atoms with E-state index in [0.717, 1.165) is 16.8 Å². The van der Waals surface area contributed by atoms with Crippen LogP contribution in [0.2, 0.25) is 0 Å². The number of rotatable bonds is 4. The molecule has 2 aromatic carbocycles. The van der Waals surface area contributed by atoms with Crippen molar-refractivity contribution in [2.45, 2.75) is 6.54 Å². The van der Waals surface area contributed by atoms with Crippen molar-refractivity contribution in [3.63, 3.8) is 0 Å². The predicted octanol–water partition coefficient (Wildman–Crippen LogP) is 3.14. The molecule has 0 aliphatic heterocycles. The van der Waals surface area contributed by atoms with E-state index < -0.39 is 5.97 Å². The van der Waals surface area contributed by atoms with Gasteiger partial charge < -0.3 is 14.9 Å². The highest BCUT2D eigenvalue weighted by Gasteiger charge is 2.10. The maximum atomic E-state index is 11.2. The molecule has 1 aromatic heterocycles. The van der Waals surface area contributed by atoms with Gasteiger partial charge in [0.25, 0.3) is 0 Å².